The first-order chi connectivity index (χ1) is 8.49. The fourth-order valence-corrected chi connectivity index (χ4v) is 3.24. The highest BCUT2D eigenvalue weighted by Crippen LogP contribution is 2.26. The van der Waals surface area contributed by atoms with Gasteiger partial charge in [0.2, 0.25) is 0 Å². The molecule has 1 fully saturated rings. The van der Waals surface area contributed by atoms with Gasteiger partial charge in [-0.25, -0.2) is 0 Å². The van der Waals surface area contributed by atoms with Crippen LogP contribution in [-0.4, -0.2) is 29.3 Å². The van der Waals surface area contributed by atoms with Gasteiger partial charge in [0, 0.05) is 21.1 Å². The van der Waals surface area contributed by atoms with Gasteiger partial charge in [-0.1, -0.05) is 6.92 Å². The van der Waals surface area contributed by atoms with Gasteiger partial charge >= 0.3 is 0 Å². The lowest BCUT2D eigenvalue weighted by atomic mass is 9.98. The predicted molar refractivity (Wildman–Crippen MR) is 86.2 cm³/mol. The monoisotopic (exact) mass is 441 g/mol. The number of nitrogens with zero attached hydrogens (tertiary/aromatic N) is 1. The van der Waals surface area contributed by atoms with Crippen molar-refractivity contribution in [2.45, 2.75) is 18.7 Å². The average Bonchev–Trinajstić information content (AvgIpc) is 2.35. The Morgan fingerprint density at radius 1 is 1.56 bits per heavy atom. The quantitative estimate of drug-likeness (QED) is 0.473. The summed E-state index contributed by atoms with van der Waals surface area (Å²) in [5.41, 5.74) is 0.723. The molecular weight excluding hydrogens is 428 g/mol. The van der Waals surface area contributed by atoms with Crippen LogP contribution in [-0.2, 0) is 0 Å². The number of hydrogen-bond donors (Lipinski definition) is 0. The number of halogens is 3. The molecule has 0 spiro atoms. The first kappa shape index (κ1) is 14.6. The molecule has 1 aliphatic rings. The van der Waals surface area contributed by atoms with E-state index >= 15 is 0 Å². The van der Waals surface area contributed by atoms with E-state index in [9.17, 15) is 4.79 Å². The Labute approximate surface area is 134 Å². The van der Waals surface area contributed by atoms with Crippen molar-refractivity contribution in [3.63, 3.8) is 0 Å². The van der Waals surface area contributed by atoms with Crippen LogP contribution in [0.2, 0.25) is 0 Å². The Morgan fingerprint density at radius 2 is 2.28 bits per heavy atom. The number of hydrogen-bond acceptors (Lipinski definition) is 1. The molecule has 0 aromatic heterocycles. The maximum absolute atomic E-state index is 12.5. The molecule has 5 heteroatoms. The van der Waals surface area contributed by atoms with Crippen molar-refractivity contribution < 1.29 is 4.79 Å². The van der Waals surface area contributed by atoms with E-state index in [1.165, 1.54) is 0 Å². The smallest absolute Gasteiger partial charge is 0.255 e. The van der Waals surface area contributed by atoms with E-state index in [1.807, 2.05) is 23.1 Å². The molecule has 1 aromatic rings. The van der Waals surface area contributed by atoms with Gasteiger partial charge in [-0.3, -0.25) is 4.79 Å². The van der Waals surface area contributed by atoms with Gasteiger partial charge in [0.15, 0.2) is 0 Å². The van der Waals surface area contributed by atoms with Crippen molar-refractivity contribution >= 4 is 56.0 Å². The third-order valence-corrected chi connectivity index (χ3v) is 5.24. The van der Waals surface area contributed by atoms with Crippen LogP contribution in [0, 0.1) is 9.49 Å². The number of amides is 1. The Kier molecular flexibility index (Phi) is 4.94. The lowest BCUT2D eigenvalue weighted by Crippen LogP contribution is -2.43. The highest BCUT2D eigenvalue weighted by atomic mass is 127. The Morgan fingerprint density at radius 3 is 2.94 bits per heavy atom. The second-order valence-corrected chi connectivity index (χ2v) is 7.32. The van der Waals surface area contributed by atoms with E-state index in [4.69, 9.17) is 11.6 Å². The molecule has 0 aliphatic carbocycles. The summed E-state index contributed by atoms with van der Waals surface area (Å²) in [6, 6.07) is 5.80. The molecule has 1 aromatic carbocycles. The molecule has 1 aliphatic heterocycles. The molecule has 2 atom stereocenters. The van der Waals surface area contributed by atoms with Crippen LogP contribution in [0.4, 0.5) is 0 Å². The standard InChI is InChI=1S/C13H14BrClINO/c1-8-4-5-17(7-12(8)15)13(18)10-6-9(16)2-3-11(10)14/h2-3,6,8,12H,4-5,7H2,1H3. The second-order valence-electron chi connectivity index (χ2n) is 4.66. The molecule has 18 heavy (non-hydrogen) atoms. The van der Waals surface area contributed by atoms with Crippen LogP contribution in [0.1, 0.15) is 23.7 Å². The summed E-state index contributed by atoms with van der Waals surface area (Å²) in [4.78, 5) is 14.3. The topological polar surface area (TPSA) is 20.3 Å². The Bertz CT molecular complexity index is 468. The molecule has 0 saturated carbocycles. The number of carbonyl (C=O) groups excluding carboxylic acids is 1. The molecule has 1 saturated heterocycles. The zero-order valence-electron chi connectivity index (χ0n) is 10.00. The van der Waals surface area contributed by atoms with Crippen LogP contribution in [0.5, 0.6) is 0 Å². The summed E-state index contributed by atoms with van der Waals surface area (Å²) in [7, 11) is 0. The van der Waals surface area contributed by atoms with Crippen molar-refractivity contribution in [2.24, 2.45) is 5.92 Å². The summed E-state index contributed by atoms with van der Waals surface area (Å²) >= 11 is 11.9. The van der Waals surface area contributed by atoms with E-state index in [0.717, 1.165) is 26.6 Å². The minimum Gasteiger partial charge on any atom is -0.337 e. The molecule has 98 valence electrons. The molecule has 0 N–H and O–H groups in total. The highest BCUT2D eigenvalue weighted by molar-refractivity contribution is 14.1. The summed E-state index contributed by atoms with van der Waals surface area (Å²) in [5, 5.41) is 0.0595. The number of benzene rings is 1. The molecule has 0 bridgehead atoms. The predicted octanol–water partition coefficient (Wildman–Crippen LogP) is 4.14. The number of alkyl halides is 1. The van der Waals surface area contributed by atoms with Crippen LogP contribution < -0.4 is 0 Å². The van der Waals surface area contributed by atoms with Crippen molar-refractivity contribution in [1.29, 1.82) is 0 Å². The third kappa shape index (κ3) is 3.20. The Hall–Kier alpha value is 0.190. The SMILES string of the molecule is CC1CCN(C(=O)c2cc(I)ccc2Br)CC1Cl. The van der Waals surface area contributed by atoms with E-state index in [-0.39, 0.29) is 11.3 Å². The van der Waals surface area contributed by atoms with E-state index in [0.29, 0.717) is 12.5 Å². The normalized spacial score (nSPS) is 24.1. The lowest BCUT2D eigenvalue weighted by Gasteiger charge is -2.34. The maximum Gasteiger partial charge on any atom is 0.255 e. The van der Waals surface area contributed by atoms with Crippen LogP contribution >= 0.6 is 50.1 Å². The lowest BCUT2D eigenvalue weighted by molar-refractivity contribution is 0.0700. The Balaban J connectivity index is 2.19. The summed E-state index contributed by atoms with van der Waals surface area (Å²) in [6.07, 6.45) is 0.974. The zero-order chi connectivity index (χ0) is 13.3. The molecular formula is C13H14BrClINO. The number of piperidine rings is 1. The van der Waals surface area contributed by atoms with Gasteiger partial charge in [0.05, 0.1) is 10.9 Å². The van der Waals surface area contributed by atoms with E-state index in [1.54, 1.807) is 0 Å². The van der Waals surface area contributed by atoms with Gasteiger partial charge in [0.25, 0.3) is 5.91 Å². The summed E-state index contributed by atoms with van der Waals surface area (Å²) < 4.78 is 1.91. The minimum atomic E-state index is 0.0595. The number of carbonyl (C=O) groups is 1. The molecule has 2 unspecified atom stereocenters. The molecule has 2 nitrogen and oxygen atoms in total. The second kappa shape index (κ2) is 6.09. The fourth-order valence-electron chi connectivity index (χ4n) is 2.04. The molecule has 0 radical (unpaired) electrons. The number of rotatable bonds is 1. The molecule has 1 amide bonds. The van der Waals surface area contributed by atoms with E-state index in [2.05, 4.69) is 45.4 Å². The average molecular weight is 443 g/mol. The van der Waals surface area contributed by atoms with Crippen molar-refractivity contribution in [1.82, 2.24) is 4.90 Å². The first-order valence-corrected chi connectivity index (χ1v) is 8.18. The van der Waals surface area contributed by atoms with Crippen molar-refractivity contribution in [2.75, 3.05) is 13.1 Å². The van der Waals surface area contributed by atoms with Gasteiger partial charge < -0.3 is 4.90 Å². The molecule has 1 heterocycles. The van der Waals surface area contributed by atoms with Crippen LogP contribution in [0.25, 0.3) is 0 Å². The maximum atomic E-state index is 12.5. The van der Waals surface area contributed by atoms with Crippen molar-refractivity contribution in [3.8, 4) is 0 Å². The largest absolute Gasteiger partial charge is 0.337 e. The zero-order valence-corrected chi connectivity index (χ0v) is 14.5. The molecule has 2 rings (SSSR count). The van der Waals surface area contributed by atoms with Crippen molar-refractivity contribution in [3.05, 3.63) is 31.8 Å². The third-order valence-electron chi connectivity index (χ3n) is 3.31. The fraction of sp³-hybridized carbons (Fsp3) is 0.462. The van der Waals surface area contributed by atoms with Gasteiger partial charge in [-0.2, -0.15) is 0 Å². The summed E-state index contributed by atoms with van der Waals surface area (Å²) in [5.74, 6) is 0.549. The highest BCUT2D eigenvalue weighted by Gasteiger charge is 2.28. The van der Waals surface area contributed by atoms with Gasteiger partial charge in [0.1, 0.15) is 0 Å². The van der Waals surface area contributed by atoms with Gasteiger partial charge in [-0.05, 0) is 69.1 Å². The first-order valence-electron chi connectivity index (χ1n) is 5.87. The van der Waals surface area contributed by atoms with Gasteiger partial charge in [-0.15, -0.1) is 11.6 Å². The van der Waals surface area contributed by atoms with Crippen LogP contribution in [0.3, 0.4) is 0 Å². The van der Waals surface area contributed by atoms with Crippen LogP contribution in [0.15, 0.2) is 22.7 Å². The number of likely N-dealkylation sites (tertiary alicyclic amines) is 1. The summed E-state index contributed by atoms with van der Waals surface area (Å²) in [6.45, 7) is 3.57. The minimum absolute atomic E-state index is 0.0595. The van der Waals surface area contributed by atoms with E-state index < -0.39 is 0 Å².